The third-order valence-electron chi connectivity index (χ3n) is 3.33. The normalized spacial score (nSPS) is 21.4. The van der Waals surface area contributed by atoms with E-state index in [1.165, 1.54) is 0 Å². The largest absolute Gasteiger partial charge is 0.444 e. The summed E-state index contributed by atoms with van der Waals surface area (Å²) in [4.78, 5) is 16.4. The van der Waals surface area contributed by atoms with Gasteiger partial charge in [-0.2, -0.15) is 0 Å². The van der Waals surface area contributed by atoms with Crippen LogP contribution in [0.4, 0.5) is 4.79 Å². The van der Waals surface area contributed by atoms with Crippen LogP contribution in [-0.4, -0.2) is 53.2 Å². The Morgan fingerprint density at radius 3 is 2.44 bits per heavy atom. The number of ether oxygens (including phenoxy) is 1. The number of carbonyl (C=O) groups is 1. The van der Waals surface area contributed by atoms with E-state index in [9.17, 15) is 4.79 Å². The molecule has 1 aliphatic rings. The average molecular weight is 256 g/mol. The highest BCUT2D eigenvalue weighted by molar-refractivity contribution is 5.68. The van der Waals surface area contributed by atoms with E-state index < -0.39 is 5.60 Å². The van der Waals surface area contributed by atoms with Crippen molar-refractivity contribution in [2.45, 2.75) is 65.6 Å². The molecule has 1 aliphatic heterocycles. The summed E-state index contributed by atoms with van der Waals surface area (Å²) in [6.45, 7) is 14.9. The van der Waals surface area contributed by atoms with Crippen molar-refractivity contribution in [3.63, 3.8) is 0 Å². The fourth-order valence-electron chi connectivity index (χ4n) is 2.35. The molecule has 4 heteroatoms. The van der Waals surface area contributed by atoms with Crippen molar-refractivity contribution >= 4 is 6.09 Å². The Kier molecular flexibility index (Phi) is 5.02. The Morgan fingerprint density at radius 1 is 1.44 bits per heavy atom. The Balaban J connectivity index is 2.59. The molecular formula is C14H28N2O2. The number of rotatable bonds is 3. The molecule has 0 N–H and O–H groups in total. The van der Waals surface area contributed by atoms with E-state index in [0.717, 1.165) is 19.5 Å². The maximum atomic E-state index is 12.1. The lowest BCUT2D eigenvalue weighted by molar-refractivity contribution is 0.0178. The van der Waals surface area contributed by atoms with Crippen LogP contribution in [-0.2, 0) is 4.74 Å². The van der Waals surface area contributed by atoms with Gasteiger partial charge >= 0.3 is 6.09 Å². The monoisotopic (exact) mass is 256 g/mol. The molecule has 1 amide bonds. The van der Waals surface area contributed by atoms with Gasteiger partial charge in [0.15, 0.2) is 0 Å². The molecule has 1 unspecified atom stereocenters. The second-order valence-electron chi connectivity index (χ2n) is 6.30. The highest BCUT2D eigenvalue weighted by Gasteiger charge is 2.32. The van der Waals surface area contributed by atoms with E-state index in [-0.39, 0.29) is 6.09 Å². The summed E-state index contributed by atoms with van der Waals surface area (Å²) >= 11 is 0. The molecule has 1 rings (SSSR count). The summed E-state index contributed by atoms with van der Waals surface area (Å²) in [5.41, 5.74) is -0.416. The van der Waals surface area contributed by atoms with Gasteiger partial charge in [-0.1, -0.05) is 0 Å². The lowest BCUT2D eigenvalue weighted by Gasteiger charge is -2.31. The summed E-state index contributed by atoms with van der Waals surface area (Å²) in [6, 6.07) is 0.847. The third-order valence-corrected chi connectivity index (χ3v) is 3.33. The lowest BCUT2D eigenvalue weighted by Crippen LogP contribution is -2.45. The van der Waals surface area contributed by atoms with Crippen molar-refractivity contribution in [3.05, 3.63) is 0 Å². The van der Waals surface area contributed by atoms with Crippen LogP contribution in [0.25, 0.3) is 0 Å². The van der Waals surface area contributed by atoms with Gasteiger partial charge in [0.1, 0.15) is 5.60 Å². The highest BCUT2D eigenvalue weighted by atomic mass is 16.6. The van der Waals surface area contributed by atoms with E-state index in [1.54, 1.807) is 0 Å². The first-order valence-corrected chi connectivity index (χ1v) is 6.98. The Labute approximate surface area is 111 Å². The van der Waals surface area contributed by atoms with Crippen LogP contribution in [0.2, 0.25) is 0 Å². The first-order chi connectivity index (χ1) is 8.24. The fraction of sp³-hybridized carbons (Fsp3) is 0.929. The summed E-state index contributed by atoms with van der Waals surface area (Å²) in [5, 5.41) is 0. The van der Waals surface area contributed by atoms with Crippen LogP contribution in [0, 0.1) is 0 Å². The van der Waals surface area contributed by atoms with E-state index in [2.05, 4.69) is 18.7 Å². The third kappa shape index (κ3) is 4.16. The summed E-state index contributed by atoms with van der Waals surface area (Å²) in [7, 11) is 0. The van der Waals surface area contributed by atoms with Gasteiger partial charge in [0, 0.05) is 31.7 Å². The molecule has 106 valence electrons. The van der Waals surface area contributed by atoms with Crippen LogP contribution in [0.1, 0.15) is 48.0 Å². The number of carbonyl (C=O) groups excluding carboxylic acids is 1. The zero-order valence-electron chi connectivity index (χ0n) is 12.7. The zero-order chi connectivity index (χ0) is 13.9. The Bertz CT molecular complexity index is 284. The van der Waals surface area contributed by atoms with Crippen molar-refractivity contribution in [1.29, 1.82) is 0 Å². The summed E-state index contributed by atoms with van der Waals surface area (Å²) < 4.78 is 5.47. The van der Waals surface area contributed by atoms with Gasteiger partial charge in [0.2, 0.25) is 0 Å². The van der Waals surface area contributed by atoms with Crippen LogP contribution in [0.3, 0.4) is 0 Å². The first-order valence-electron chi connectivity index (χ1n) is 6.98. The van der Waals surface area contributed by atoms with Crippen molar-refractivity contribution < 1.29 is 9.53 Å². The summed E-state index contributed by atoms with van der Waals surface area (Å²) in [6.07, 6.45) is 0.867. The lowest BCUT2D eigenvalue weighted by atomic mass is 10.2. The minimum Gasteiger partial charge on any atom is -0.444 e. The standard InChI is InChI=1S/C14H28N2O2/c1-7-16(13(17)18-14(4,5)6)12-8-9-15(10-12)11(2)3/h11-12H,7-10H2,1-6H3. The molecule has 0 aliphatic carbocycles. The van der Waals surface area contributed by atoms with Crippen LogP contribution in [0.15, 0.2) is 0 Å². The molecule has 0 aromatic heterocycles. The van der Waals surface area contributed by atoms with E-state index in [1.807, 2.05) is 32.6 Å². The average Bonchev–Trinajstić information content (AvgIpc) is 2.65. The van der Waals surface area contributed by atoms with Crippen LogP contribution >= 0.6 is 0 Å². The highest BCUT2D eigenvalue weighted by Crippen LogP contribution is 2.20. The zero-order valence-corrected chi connectivity index (χ0v) is 12.7. The van der Waals surface area contributed by atoms with Gasteiger partial charge < -0.3 is 9.64 Å². The molecule has 1 heterocycles. The number of likely N-dealkylation sites (tertiary alicyclic amines) is 1. The van der Waals surface area contributed by atoms with Crippen molar-refractivity contribution in [2.75, 3.05) is 19.6 Å². The van der Waals surface area contributed by atoms with Gasteiger partial charge in [-0.15, -0.1) is 0 Å². The fourth-order valence-corrected chi connectivity index (χ4v) is 2.35. The molecule has 4 nitrogen and oxygen atoms in total. The van der Waals surface area contributed by atoms with Crippen LogP contribution < -0.4 is 0 Å². The minimum atomic E-state index is -0.416. The predicted octanol–water partition coefficient (Wildman–Crippen LogP) is 2.73. The molecule has 18 heavy (non-hydrogen) atoms. The van der Waals surface area contributed by atoms with E-state index >= 15 is 0 Å². The second-order valence-corrected chi connectivity index (χ2v) is 6.30. The molecular weight excluding hydrogens is 228 g/mol. The molecule has 0 spiro atoms. The van der Waals surface area contributed by atoms with E-state index in [4.69, 9.17) is 4.74 Å². The number of hydrogen-bond acceptors (Lipinski definition) is 3. The van der Waals surface area contributed by atoms with Gasteiger partial charge in [-0.05, 0) is 48.0 Å². The molecule has 0 aromatic carbocycles. The predicted molar refractivity (Wildman–Crippen MR) is 73.7 cm³/mol. The van der Waals surface area contributed by atoms with Crippen molar-refractivity contribution in [3.8, 4) is 0 Å². The van der Waals surface area contributed by atoms with Gasteiger partial charge in [-0.25, -0.2) is 4.79 Å². The Morgan fingerprint density at radius 2 is 2.06 bits per heavy atom. The SMILES string of the molecule is CCN(C(=O)OC(C)(C)C)C1CCN(C(C)C)C1. The molecule has 1 saturated heterocycles. The number of nitrogens with zero attached hydrogens (tertiary/aromatic N) is 2. The molecule has 0 saturated carbocycles. The van der Waals surface area contributed by atoms with Gasteiger partial charge in [0.25, 0.3) is 0 Å². The minimum absolute atomic E-state index is 0.180. The van der Waals surface area contributed by atoms with Gasteiger partial charge in [0.05, 0.1) is 0 Å². The molecule has 0 radical (unpaired) electrons. The summed E-state index contributed by atoms with van der Waals surface area (Å²) in [5.74, 6) is 0. The van der Waals surface area contributed by atoms with Crippen molar-refractivity contribution in [2.24, 2.45) is 0 Å². The number of hydrogen-bond donors (Lipinski definition) is 0. The Hall–Kier alpha value is -0.770. The molecule has 1 atom stereocenters. The van der Waals surface area contributed by atoms with Crippen molar-refractivity contribution in [1.82, 2.24) is 9.80 Å². The second kappa shape index (κ2) is 5.91. The maximum Gasteiger partial charge on any atom is 0.410 e. The topological polar surface area (TPSA) is 32.8 Å². The van der Waals surface area contributed by atoms with Crippen LogP contribution in [0.5, 0.6) is 0 Å². The quantitative estimate of drug-likeness (QED) is 0.778. The molecule has 0 aromatic rings. The first kappa shape index (κ1) is 15.3. The number of amides is 1. The smallest absolute Gasteiger partial charge is 0.410 e. The number of likely N-dealkylation sites (N-methyl/N-ethyl adjacent to an activating group) is 1. The molecule has 1 fully saturated rings. The van der Waals surface area contributed by atoms with E-state index in [0.29, 0.717) is 18.6 Å². The van der Waals surface area contributed by atoms with Gasteiger partial charge in [-0.3, -0.25) is 4.90 Å². The molecule has 0 bridgehead atoms. The maximum absolute atomic E-state index is 12.1.